The van der Waals surface area contributed by atoms with Crippen LogP contribution in [0, 0.1) is 0 Å². The highest BCUT2D eigenvalue weighted by Crippen LogP contribution is 2.14. The number of hydrogen-bond donors (Lipinski definition) is 1. The van der Waals surface area contributed by atoms with Crippen molar-refractivity contribution >= 4 is 5.82 Å². The molecule has 1 N–H and O–H groups in total. The number of unbranched alkanes of at least 4 members (excludes halogenated alkanes) is 1. The van der Waals surface area contributed by atoms with E-state index in [0.717, 1.165) is 50.5 Å². The lowest BCUT2D eigenvalue weighted by molar-refractivity contribution is 0.298. The largest absolute Gasteiger partial charge is 0.481 e. The van der Waals surface area contributed by atoms with Crippen molar-refractivity contribution in [2.75, 3.05) is 38.6 Å². The van der Waals surface area contributed by atoms with Gasteiger partial charge >= 0.3 is 0 Å². The first-order valence-electron chi connectivity index (χ1n) is 8.11. The summed E-state index contributed by atoms with van der Waals surface area (Å²) in [6, 6.07) is 1.86. The van der Waals surface area contributed by atoms with Crippen LogP contribution in [0.4, 0.5) is 5.82 Å². The molecule has 0 aromatic carbocycles. The van der Waals surface area contributed by atoms with E-state index in [4.69, 9.17) is 4.74 Å². The number of ether oxygens (including phenoxy) is 1. The van der Waals surface area contributed by atoms with Crippen LogP contribution in [-0.2, 0) is 6.42 Å². The minimum absolute atomic E-state index is 0.638. The minimum Gasteiger partial charge on any atom is -0.481 e. The summed E-state index contributed by atoms with van der Waals surface area (Å²) >= 11 is 0. The molecule has 0 unspecified atom stereocenters. The second-order valence-electron chi connectivity index (χ2n) is 5.12. The van der Waals surface area contributed by atoms with Crippen LogP contribution in [0.1, 0.15) is 45.9 Å². The van der Waals surface area contributed by atoms with Crippen molar-refractivity contribution in [3.63, 3.8) is 0 Å². The van der Waals surface area contributed by atoms with Crippen LogP contribution >= 0.6 is 0 Å². The molecular formula is C16H30N4O. The van der Waals surface area contributed by atoms with Gasteiger partial charge in [0, 0.05) is 19.0 Å². The van der Waals surface area contributed by atoms with Crippen LogP contribution in [0.2, 0.25) is 0 Å². The topological polar surface area (TPSA) is 50.3 Å². The van der Waals surface area contributed by atoms with Gasteiger partial charge in [0.25, 0.3) is 0 Å². The molecule has 1 aromatic heterocycles. The van der Waals surface area contributed by atoms with Crippen molar-refractivity contribution in [3.05, 3.63) is 11.9 Å². The molecule has 5 heteroatoms. The molecule has 0 radical (unpaired) electrons. The van der Waals surface area contributed by atoms with Crippen molar-refractivity contribution in [1.29, 1.82) is 0 Å². The van der Waals surface area contributed by atoms with Gasteiger partial charge in [-0.05, 0) is 38.9 Å². The van der Waals surface area contributed by atoms with E-state index >= 15 is 0 Å². The number of aromatic nitrogens is 2. The summed E-state index contributed by atoms with van der Waals surface area (Å²) < 4.78 is 5.23. The average molecular weight is 294 g/mol. The van der Waals surface area contributed by atoms with E-state index in [1.54, 1.807) is 7.11 Å². The second kappa shape index (κ2) is 10.4. The predicted molar refractivity (Wildman–Crippen MR) is 88.1 cm³/mol. The molecule has 0 fully saturated rings. The third-order valence-corrected chi connectivity index (χ3v) is 3.53. The third kappa shape index (κ3) is 6.76. The first-order chi connectivity index (χ1) is 10.2. The van der Waals surface area contributed by atoms with Crippen molar-refractivity contribution in [3.8, 4) is 5.88 Å². The van der Waals surface area contributed by atoms with Gasteiger partial charge in [0.1, 0.15) is 11.6 Å². The van der Waals surface area contributed by atoms with Gasteiger partial charge < -0.3 is 15.0 Å². The molecule has 21 heavy (non-hydrogen) atoms. The Bertz CT molecular complexity index is 394. The van der Waals surface area contributed by atoms with E-state index in [-0.39, 0.29) is 0 Å². The van der Waals surface area contributed by atoms with Gasteiger partial charge in [0.05, 0.1) is 7.11 Å². The molecule has 0 atom stereocenters. The summed E-state index contributed by atoms with van der Waals surface area (Å²) in [5, 5.41) is 3.38. The molecule has 0 aliphatic carbocycles. The summed E-state index contributed by atoms with van der Waals surface area (Å²) in [6.07, 6.45) is 4.27. The molecule has 0 spiro atoms. The minimum atomic E-state index is 0.638. The highest BCUT2D eigenvalue weighted by molar-refractivity contribution is 5.38. The molecule has 5 nitrogen and oxygen atoms in total. The summed E-state index contributed by atoms with van der Waals surface area (Å²) in [4.78, 5) is 11.3. The Labute approximate surface area is 129 Å². The molecule has 0 aliphatic heterocycles. The zero-order valence-corrected chi connectivity index (χ0v) is 14.0. The van der Waals surface area contributed by atoms with Gasteiger partial charge in [-0.2, -0.15) is 4.98 Å². The molecule has 0 saturated carbocycles. The normalized spacial score (nSPS) is 10.9. The zero-order valence-electron chi connectivity index (χ0n) is 14.0. The summed E-state index contributed by atoms with van der Waals surface area (Å²) in [5.74, 6) is 2.36. The number of aryl methyl sites for hydroxylation is 1. The Kier molecular flexibility index (Phi) is 8.74. The predicted octanol–water partition coefficient (Wildman–Crippen LogP) is 2.97. The van der Waals surface area contributed by atoms with E-state index in [1.807, 2.05) is 6.07 Å². The summed E-state index contributed by atoms with van der Waals surface area (Å²) in [6.45, 7) is 10.9. The average Bonchev–Trinajstić information content (AvgIpc) is 2.51. The van der Waals surface area contributed by atoms with E-state index in [9.17, 15) is 0 Å². The Morgan fingerprint density at radius 3 is 2.52 bits per heavy atom. The maximum absolute atomic E-state index is 5.23. The molecule has 0 bridgehead atoms. The lowest BCUT2D eigenvalue weighted by atomic mass is 10.3. The Morgan fingerprint density at radius 1 is 1.14 bits per heavy atom. The second-order valence-corrected chi connectivity index (χ2v) is 5.12. The number of nitrogens with one attached hydrogen (secondary N) is 1. The molecule has 1 aromatic rings. The standard InChI is InChI=1S/C16H30N4O/c1-5-10-14-18-15(13-16(19-14)21-4)17-11-8-9-12-20(6-2)7-3/h13H,5-12H2,1-4H3,(H,17,18,19). The van der Waals surface area contributed by atoms with Gasteiger partial charge in [-0.25, -0.2) is 4.98 Å². The summed E-state index contributed by atoms with van der Waals surface area (Å²) in [7, 11) is 1.64. The lowest BCUT2D eigenvalue weighted by Gasteiger charge is -2.17. The molecule has 120 valence electrons. The SMILES string of the molecule is CCCc1nc(NCCCCN(CC)CC)cc(OC)n1. The van der Waals surface area contributed by atoms with Crippen molar-refractivity contribution in [2.24, 2.45) is 0 Å². The van der Waals surface area contributed by atoms with Gasteiger partial charge in [0.15, 0.2) is 0 Å². The highest BCUT2D eigenvalue weighted by Gasteiger charge is 2.04. The van der Waals surface area contributed by atoms with Crippen LogP contribution in [0.25, 0.3) is 0 Å². The fourth-order valence-electron chi connectivity index (χ4n) is 2.22. The van der Waals surface area contributed by atoms with Gasteiger partial charge in [-0.3, -0.25) is 0 Å². The Hall–Kier alpha value is -1.36. The van der Waals surface area contributed by atoms with Crippen molar-refractivity contribution in [1.82, 2.24) is 14.9 Å². The highest BCUT2D eigenvalue weighted by atomic mass is 16.5. The molecule has 0 aliphatic rings. The molecule has 0 saturated heterocycles. The van der Waals surface area contributed by atoms with Crippen LogP contribution in [0.3, 0.4) is 0 Å². The fraction of sp³-hybridized carbons (Fsp3) is 0.750. The maximum atomic E-state index is 5.23. The van der Waals surface area contributed by atoms with E-state index in [2.05, 4.69) is 41.0 Å². The van der Waals surface area contributed by atoms with Crippen molar-refractivity contribution in [2.45, 2.75) is 46.5 Å². The first kappa shape index (κ1) is 17.7. The number of hydrogen-bond acceptors (Lipinski definition) is 5. The van der Waals surface area contributed by atoms with E-state index in [0.29, 0.717) is 5.88 Å². The molecular weight excluding hydrogens is 264 g/mol. The number of nitrogens with zero attached hydrogens (tertiary/aromatic N) is 3. The molecule has 1 rings (SSSR count). The Balaban J connectivity index is 2.38. The number of methoxy groups -OCH3 is 1. The third-order valence-electron chi connectivity index (χ3n) is 3.53. The van der Waals surface area contributed by atoms with Crippen molar-refractivity contribution < 1.29 is 4.74 Å². The van der Waals surface area contributed by atoms with Gasteiger partial charge in [0.2, 0.25) is 5.88 Å². The van der Waals surface area contributed by atoms with Gasteiger partial charge in [-0.1, -0.05) is 20.8 Å². The maximum Gasteiger partial charge on any atom is 0.218 e. The van der Waals surface area contributed by atoms with Crippen LogP contribution in [-0.4, -0.2) is 48.2 Å². The first-order valence-corrected chi connectivity index (χ1v) is 8.11. The fourth-order valence-corrected chi connectivity index (χ4v) is 2.22. The number of rotatable bonds is 11. The molecule has 1 heterocycles. The Morgan fingerprint density at radius 2 is 1.90 bits per heavy atom. The summed E-state index contributed by atoms with van der Waals surface area (Å²) in [5.41, 5.74) is 0. The van der Waals surface area contributed by atoms with Crippen LogP contribution in [0.15, 0.2) is 6.07 Å². The zero-order chi connectivity index (χ0) is 15.5. The number of anilines is 1. The monoisotopic (exact) mass is 294 g/mol. The quantitative estimate of drug-likeness (QED) is 0.636. The van der Waals surface area contributed by atoms with Crippen LogP contribution < -0.4 is 10.1 Å². The van der Waals surface area contributed by atoms with Crippen LogP contribution in [0.5, 0.6) is 5.88 Å². The lowest BCUT2D eigenvalue weighted by Crippen LogP contribution is -2.24. The van der Waals surface area contributed by atoms with E-state index < -0.39 is 0 Å². The van der Waals surface area contributed by atoms with E-state index in [1.165, 1.54) is 13.0 Å². The smallest absolute Gasteiger partial charge is 0.218 e. The molecule has 0 amide bonds. The van der Waals surface area contributed by atoms with Gasteiger partial charge in [-0.15, -0.1) is 0 Å².